The van der Waals surface area contributed by atoms with E-state index in [1.54, 1.807) is 38.4 Å². The number of benzene rings is 1. The topological polar surface area (TPSA) is 49.9 Å². The SMILES string of the molecule is COc1ccc(N(C)S(=O)(=O)N2CCCCC2CCl)cc1. The van der Waals surface area contributed by atoms with Crippen LogP contribution in [0, 0.1) is 0 Å². The van der Waals surface area contributed by atoms with Crippen molar-refractivity contribution >= 4 is 27.5 Å². The maximum Gasteiger partial charge on any atom is 0.304 e. The zero-order valence-corrected chi connectivity index (χ0v) is 13.9. The van der Waals surface area contributed by atoms with Gasteiger partial charge in [0.05, 0.1) is 12.8 Å². The number of piperidine rings is 1. The zero-order valence-electron chi connectivity index (χ0n) is 12.3. The van der Waals surface area contributed by atoms with Crippen molar-refractivity contribution < 1.29 is 13.2 Å². The molecule has 0 amide bonds. The molecule has 1 aromatic rings. The molecular weight excluding hydrogens is 312 g/mol. The molecule has 1 aliphatic rings. The summed E-state index contributed by atoms with van der Waals surface area (Å²) >= 11 is 5.93. The van der Waals surface area contributed by atoms with Crippen LogP contribution < -0.4 is 9.04 Å². The molecule has 0 N–H and O–H groups in total. The molecule has 0 radical (unpaired) electrons. The summed E-state index contributed by atoms with van der Waals surface area (Å²) in [5.41, 5.74) is 0.606. The molecule has 1 fully saturated rings. The summed E-state index contributed by atoms with van der Waals surface area (Å²) in [6.07, 6.45) is 2.72. The Bertz CT molecular complexity index is 562. The van der Waals surface area contributed by atoms with Crippen LogP contribution in [0.3, 0.4) is 0 Å². The van der Waals surface area contributed by atoms with Crippen LogP contribution in [-0.2, 0) is 10.2 Å². The fourth-order valence-electron chi connectivity index (χ4n) is 2.51. The van der Waals surface area contributed by atoms with Crippen molar-refractivity contribution in [1.82, 2.24) is 4.31 Å². The Morgan fingerprint density at radius 2 is 2.00 bits per heavy atom. The van der Waals surface area contributed by atoms with E-state index in [1.165, 1.54) is 8.61 Å². The highest BCUT2D eigenvalue weighted by Crippen LogP contribution is 2.27. The van der Waals surface area contributed by atoms with Gasteiger partial charge >= 0.3 is 10.2 Å². The van der Waals surface area contributed by atoms with Crippen molar-refractivity contribution in [3.8, 4) is 5.75 Å². The fraction of sp³-hybridized carbons (Fsp3) is 0.571. The molecule has 2 rings (SSSR count). The predicted molar refractivity (Wildman–Crippen MR) is 85.4 cm³/mol. The van der Waals surface area contributed by atoms with E-state index in [1.807, 2.05) is 0 Å². The van der Waals surface area contributed by atoms with Gasteiger partial charge in [-0.25, -0.2) is 0 Å². The first-order chi connectivity index (χ1) is 10.0. The van der Waals surface area contributed by atoms with E-state index in [0.29, 0.717) is 23.9 Å². The average molecular weight is 333 g/mol. The maximum atomic E-state index is 12.8. The van der Waals surface area contributed by atoms with Crippen LogP contribution in [0.4, 0.5) is 5.69 Å². The van der Waals surface area contributed by atoms with Crippen molar-refractivity contribution in [3.05, 3.63) is 24.3 Å². The lowest BCUT2D eigenvalue weighted by Crippen LogP contribution is -2.50. The molecule has 1 saturated heterocycles. The van der Waals surface area contributed by atoms with Crippen LogP contribution >= 0.6 is 11.6 Å². The summed E-state index contributed by atoms with van der Waals surface area (Å²) in [6.45, 7) is 0.528. The Hall–Kier alpha value is -0.980. The smallest absolute Gasteiger partial charge is 0.304 e. The Morgan fingerprint density at radius 3 is 2.57 bits per heavy atom. The first kappa shape index (κ1) is 16.4. The monoisotopic (exact) mass is 332 g/mol. The highest BCUT2D eigenvalue weighted by atomic mass is 35.5. The molecular formula is C14H21ClN2O3S. The van der Waals surface area contributed by atoms with E-state index in [9.17, 15) is 8.42 Å². The number of methoxy groups -OCH3 is 1. The van der Waals surface area contributed by atoms with Crippen LogP contribution in [0.5, 0.6) is 5.75 Å². The van der Waals surface area contributed by atoms with Crippen LogP contribution in [-0.4, -0.2) is 45.3 Å². The number of halogens is 1. The van der Waals surface area contributed by atoms with Crippen molar-refractivity contribution in [2.75, 3.05) is 30.9 Å². The largest absolute Gasteiger partial charge is 0.497 e. The average Bonchev–Trinajstić information content (AvgIpc) is 2.54. The molecule has 0 aromatic heterocycles. The molecule has 1 unspecified atom stereocenters. The fourth-order valence-corrected chi connectivity index (χ4v) is 4.54. The molecule has 5 nitrogen and oxygen atoms in total. The third kappa shape index (κ3) is 3.44. The highest BCUT2D eigenvalue weighted by molar-refractivity contribution is 7.90. The van der Waals surface area contributed by atoms with E-state index < -0.39 is 10.2 Å². The summed E-state index contributed by atoms with van der Waals surface area (Å²) in [5, 5.41) is 0. The van der Waals surface area contributed by atoms with E-state index in [-0.39, 0.29) is 6.04 Å². The normalized spacial score (nSPS) is 20.2. The van der Waals surface area contributed by atoms with Gasteiger partial charge in [0.15, 0.2) is 0 Å². The van der Waals surface area contributed by atoms with Crippen molar-refractivity contribution in [2.24, 2.45) is 0 Å². The molecule has 0 aliphatic carbocycles. The molecule has 1 aromatic carbocycles. The number of anilines is 1. The standard InChI is InChI=1S/C14H21ClN2O3S/c1-16(12-6-8-14(20-2)9-7-12)21(18,19)17-10-4-3-5-13(17)11-15/h6-9,13H,3-5,10-11H2,1-2H3. The molecule has 21 heavy (non-hydrogen) atoms. The summed E-state index contributed by atoms with van der Waals surface area (Å²) in [7, 11) is -0.410. The van der Waals surface area contributed by atoms with Gasteiger partial charge in [-0.2, -0.15) is 12.7 Å². The van der Waals surface area contributed by atoms with Gasteiger partial charge in [0.2, 0.25) is 0 Å². The third-order valence-electron chi connectivity index (χ3n) is 3.83. The molecule has 1 aliphatic heterocycles. The minimum absolute atomic E-state index is 0.119. The first-order valence-electron chi connectivity index (χ1n) is 6.96. The summed E-state index contributed by atoms with van der Waals surface area (Å²) in [4.78, 5) is 0. The van der Waals surface area contributed by atoms with Gasteiger partial charge in [0.25, 0.3) is 0 Å². The van der Waals surface area contributed by atoms with Gasteiger partial charge in [-0.15, -0.1) is 11.6 Å². The van der Waals surface area contributed by atoms with Crippen LogP contribution in [0.2, 0.25) is 0 Å². The number of nitrogens with zero attached hydrogens (tertiary/aromatic N) is 2. The zero-order chi connectivity index (χ0) is 15.5. The Kier molecular flexibility index (Phi) is 5.35. The van der Waals surface area contributed by atoms with Gasteiger partial charge in [-0.05, 0) is 37.1 Å². The number of ether oxygens (including phenoxy) is 1. The Morgan fingerprint density at radius 1 is 1.33 bits per heavy atom. The first-order valence-corrected chi connectivity index (χ1v) is 8.89. The van der Waals surface area contributed by atoms with Crippen LogP contribution in [0.1, 0.15) is 19.3 Å². The van der Waals surface area contributed by atoms with Crippen molar-refractivity contribution in [2.45, 2.75) is 25.3 Å². The molecule has 1 heterocycles. The molecule has 118 valence electrons. The van der Waals surface area contributed by atoms with E-state index in [4.69, 9.17) is 16.3 Å². The van der Waals surface area contributed by atoms with Gasteiger partial charge < -0.3 is 4.74 Å². The van der Waals surface area contributed by atoms with Crippen LogP contribution in [0.15, 0.2) is 24.3 Å². The summed E-state index contributed by atoms with van der Waals surface area (Å²) < 4.78 is 33.5. The number of hydrogen-bond acceptors (Lipinski definition) is 3. The number of rotatable bonds is 5. The van der Waals surface area contributed by atoms with Gasteiger partial charge in [-0.3, -0.25) is 4.31 Å². The lowest BCUT2D eigenvalue weighted by atomic mass is 10.1. The predicted octanol–water partition coefficient (Wildman–Crippen LogP) is 2.47. The minimum Gasteiger partial charge on any atom is -0.497 e. The highest BCUT2D eigenvalue weighted by Gasteiger charge is 2.34. The van der Waals surface area contributed by atoms with Gasteiger partial charge in [-0.1, -0.05) is 6.42 Å². The molecule has 7 heteroatoms. The minimum atomic E-state index is -3.55. The lowest BCUT2D eigenvalue weighted by molar-refractivity contribution is 0.271. The summed E-state index contributed by atoms with van der Waals surface area (Å²) in [6, 6.07) is 6.84. The van der Waals surface area contributed by atoms with Crippen LogP contribution in [0.25, 0.3) is 0 Å². The second-order valence-corrected chi connectivity index (χ2v) is 7.31. The van der Waals surface area contributed by atoms with Gasteiger partial charge in [0.1, 0.15) is 5.75 Å². The van der Waals surface area contributed by atoms with E-state index in [2.05, 4.69) is 0 Å². The maximum absolute atomic E-state index is 12.8. The number of hydrogen-bond donors (Lipinski definition) is 0. The molecule has 0 saturated carbocycles. The molecule has 0 spiro atoms. The lowest BCUT2D eigenvalue weighted by Gasteiger charge is -2.36. The third-order valence-corrected chi connectivity index (χ3v) is 6.16. The van der Waals surface area contributed by atoms with Crippen molar-refractivity contribution in [3.63, 3.8) is 0 Å². The molecule has 1 atom stereocenters. The van der Waals surface area contributed by atoms with E-state index >= 15 is 0 Å². The summed E-state index contributed by atoms with van der Waals surface area (Å²) in [5.74, 6) is 1.02. The number of alkyl halides is 1. The Balaban J connectivity index is 2.24. The quantitative estimate of drug-likeness (QED) is 0.778. The second-order valence-electron chi connectivity index (χ2n) is 5.09. The Labute approximate surface area is 131 Å². The van der Waals surface area contributed by atoms with Crippen molar-refractivity contribution in [1.29, 1.82) is 0 Å². The molecule has 0 bridgehead atoms. The second kappa shape index (κ2) is 6.85. The van der Waals surface area contributed by atoms with E-state index in [0.717, 1.165) is 19.3 Å². The van der Waals surface area contributed by atoms with Gasteiger partial charge in [0, 0.05) is 25.5 Å².